The van der Waals surface area contributed by atoms with E-state index in [1.165, 1.54) is 4.90 Å². The zero-order chi connectivity index (χ0) is 23.0. The number of unbranched alkanes of at least 4 members (excludes halogenated alkanes) is 1. The van der Waals surface area contributed by atoms with Gasteiger partial charge in [0.05, 0.1) is 11.8 Å². The fourth-order valence-electron chi connectivity index (χ4n) is 2.78. The second-order valence-corrected chi connectivity index (χ2v) is 6.70. The number of hydrogen-bond acceptors (Lipinski definition) is 7. The molecular formula is C20H25F2N5O4. The third-order valence-electron chi connectivity index (χ3n) is 4.60. The lowest BCUT2D eigenvalue weighted by molar-refractivity contribution is -0.127. The monoisotopic (exact) mass is 437 g/mol. The maximum Gasteiger partial charge on any atom is 0.257 e. The van der Waals surface area contributed by atoms with Gasteiger partial charge in [0.1, 0.15) is 12.2 Å². The number of carbonyl (C=O) groups is 2. The predicted octanol–water partition coefficient (Wildman–Crippen LogP) is 2.19. The highest BCUT2D eigenvalue weighted by atomic mass is 19.1. The summed E-state index contributed by atoms with van der Waals surface area (Å²) in [5.41, 5.74) is 2.06. The number of aliphatic hydroxyl groups is 2. The Hall–Kier alpha value is -3.50. The maximum atomic E-state index is 13.7. The fraction of sp³-hybridized carbons (Fsp3) is 0.400. The van der Waals surface area contributed by atoms with Crippen molar-refractivity contribution in [2.24, 2.45) is 5.10 Å². The molecule has 0 unspecified atom stereocenters. The Morgan fingerprint density at radius 1 is 1.26 bits per heavy atom. The van der Waals surface area contributed by atoms with Crippen LogP contribution in [0.2, 0.25) is 0 Å². The lowest BCUT2D eigenvalue weighted by Crippen LogP contribution is -2.39. The summed E-state index contributed by atoms with van der Waals surface area (Å²) in [6.45, 7) is 3.66. The van der Waals surface area contributed by atoms with Crippen molar-refractivity contribution in [3.05, 3.63) is 52.3 Å². The average Bonchev–Trinajstić information content (AvgIpc) is 2.74. The number of carbonyl (C=O) groups excluding carboxylic acids is 2. The molecule has 4 N–H and O–H groups in total. The van der Waals surface area contributed by atoms with Gasteiger partial charge in [-0.05, 0) is 31.9 Å². The predicted molar refractivity (Wildman–Crippen MR) is 109 cm³/mol. The third kappa shape index (κ3) is 6.00. The number of nitrogens with zero attached hydrogens (tertiary/aromatic N) is 3. The van der Waals surface area contributed by atoms with Crippen LogP contribution in [0.25, 0.3) is 0 Å². The first-order chi connectivity index (χ1) is 14.8. The first kappa shape index (κ1) is 23.8. The molecule has 0 spiro atoms. The quantitative estimate of drug-likeness (QED) is 0.484. The number of halogens is 2. The largest absolute Gasteiger partial charge is 0.504 e. The van der Waals surface area contributed by atoms with Gasteiger partial charge in [-0.15, -0.1) is 0 Å². The summed E-state index contributed by atoms with van der Waals surface area (Å²) in [6, 6.07) is 2.06. The van der Waals surface area contributed by atoms with Gasteiger partial charge in [0, 0.05) is 18.7 Å². The molecule has 2 amide bonds. The molecule has 0 saturated carbocycles. The SMILES string of the molecule is CCCC/C1=C(/O)C(O)=C(C(=O)NCc2ccc(F)nc2F)C=NNCN(CC)C1=O. The normalized spacial score (nSPS) is 17.5. The van der Waals surface area contributed by atoms with E-state index < -0.39 is 40.8 Å². The van der Waals surface area contributed by atoms with Crippen molar-refractivity contribution in [1.29, 1.82) is 0 Å². The Kier molecular flexibility index (Phi) is 8.47. The van der Waals surface area contributed by atoms with Crippen LogP contribution in [0.5, 0.6) is 0 Å². The van der Waals surface area contributed by atoms with Gasteiger partial charge in [-0.2, -0.15) is 18.9 Å². The van der Waals surface area contributed by atoms with Crippen molar-refractivity contribution < 1.29 is 28.6 Å². The number of hydrogen-bond donors (Lipinski definition) is 4. The smallest absolute Gasteiger partial charge is 0.257 e. The van der Waals surface area contributed by atoms with Crippen LogP contribution in [-0.4, -0.2) is 51.3 Å². The number of hydrazone groups is 1. The number of aliphatic hydroxyl groups excluding tert-OH is 2. The molecule has 9 nitrogen and oxygen atoms in total. The van der Waals surface area contributed by atoms with Gasteiger partial charge in [0.15, 0.2) is 11.5 Å². The van der Waals surface area contributed by atoms with Crippen LogP contribution in [0.3, 0.4) is 0 Å². The van der Waals surface area contributed by atoms with E-state index in [1.807, 2.05) is 6.92 Å². The minimum Gasteiger partial charge on any atom is -0.504 e. The van der Waals surface area contributed by atoms with Crippen LogP contribution in [-0.2, 0) is 16.1 Å². The summed E-state index contributed by atoms with van der Waals surface area (Å²) >= 11 is 0. The molecule has 1 aromatic rings. The number of pyridine rings is 1. The second-order valence-electron chi connectivity index (χ2n) is 6.70. The Labute approximate surface area is 178 Å². The summed E-state index contributed by atoms with van der Waals surface area (Å²) in [6.07, 6.45) is 2.50. The van der Waals surface area contributed by atoms with Crippen molar-refractivity contribution in [3.8, 4) is 0 Å². The molecular weight excluding hydrogens is 412 g/mol. The molecule has 0 aromatic carbocycles. The number of nitrogens with one attached hydrogen (secondary N) is 2. The molecule has 0 atom stereocenters. The summed E-state index contributed by atoms with van der Waals surface area (Å²) in [7, 11) is 0. The van der Waals surface area contributed by atoms with E-state index in [2.05, 4.69) is 20.8 Å². The van der Waals surface area contributed by atoms with E-state index in [4.69, 9.17) is 0 Å². The minimum atomic E-state index is -1.09. The molecule has 0 radical (unpaired) electrons. The molecule has 1 aromatic heterocycles. The highest BCUT2D eigenvalue weighted by Crippen LogP contribution is 2.21. The van der Waals surface area contributed by atoms with Crippen LogP contribution < -0.4 is 10.7 Å². The average molecular weight is 437 g/mol. The van der Waals surface area contributed by atoms with E-state index in [9.17, 15) is 28.6 Å². The molecule has 1 aliphatic heterocycles. The number of aromatic nitrogens is 1. The van der Waals surface area contributed by atoms with E-state index in [0.717, 1.165) is 24.8 Å². The van der Waals surface area contributed by atoms with Crippen LogP contribution in [0.1, 0.15) is 38.7 Å². The topological polar surface area (TPSA) is 127 Å². The maximum absolute atomic E-state index is 13.7. The highest BCUT2D eigenvalue weighted by Gasteiger charge is 2.26. The molecule has 0 aliphatic carbocycles. The second kappa shape index (κ2) is 11.0. The van der Waals surface area contributed by atoms with Crippen molar-refractivity contribution in [3.63, 3.8) is 0 Å². The first-order valence-corrected chi connectivity index (χ1v) is 9.80. The zero-order valence-corrected chi connectivity index (χ0v) is 17.3. The molecule has 1 aliphatic rings. The molecule has 31 heavy (non-hydrogen) atoms. The van der Waals surface area contributed by atoms with E-state index in [-0.39, 0.29) is 30.8 Å². The van der Waals surface area contributed by atoms with Gasteiger partial charge in [-0.3, -0.25) is 15.0 Å². The Morgan fingerprint density at radius 3 is 2.65 bits per heavy atom. The molecule has 2 heterocycles. The standard InChI is InChI=1S/C20H25F2N5O4/c1-3-5-6-13-16(28)17(29)14(10-24-25-11-27(4-2)20(13)31)19(30)23-9-12-7-8-15(21)26-18(12)22/h7-8,10,25,28-29H,3-6,9,11H2,1-2H3,(H,23,30)/b16-13-,17-14?,24-10?. The lowest BCUT2D eigenvalue weighted by Gasteiger charge is -2.23. The Morgan fingerprint density at radius 2 is 2.00 bits per heavy atom. The summed E-state index contributed by atoms with van der Waals surface area (Å²) in [4.78, 5) is 29.8. The highest BCUT2D eigenvalue weighted by molar-refractivity contribution is 6.13. The molecule has 0 fully saturated rings. The van der Waals surface area contributed by atoms with Gasteiger partial charge in [0.25, 0.3) is 11.8 Å². The van der Waals surface area contributed by atoms with Gasteiger partial charge >= 0.3 is 0 Å². The zero-order valence-electron chi connectivity index (χ0n) is 17.3. The molecule has 2 rings (SSSR count). The number of likely N-dealkylation sites (N-methyl/N-ethyl adjacent to an activating group) is 1. The number of rotatable bonds is 7. The summed E-state index contributed by atoms with van der Waals surface area (Å²) < 4.78 is 26.6. The van der Waals surface area contributed by atoms with Crippen LogP contribution in [0.15, 0.2) is 39.9 Å². The van der Waals surface area contributed by atoms with Crippen molar-refractivity contribution in [1.82, 2.24) is 20.6 Å². The fourth-order valence-corrected chi connectivity index (χ4v) is 2.78. The van der Waals surface area contributed by atoms with Gasteiger partial charge in [-0.25, -0.2) is 0 Å². The summed E-state index contributed by atoms with van der Waals surface area (Å²) in [5.74, 6) is -5.03. The Bertz CT molecular complexity index is 930. The van der Waals surface area contributed by atoms with Crippen LogP contribution >= 0.6 is 0 Å². The van der Waals surface area contributed by atoms with Crippen LogP contribution in [0.4, 0.5) is 8.78 Å². The van der Waals surface area contributed by atoms with Crippen molar-refractivity contribution in [2.45, 2.75) is 39.7 Å². The molecule has 0 bridgehead atoms. The van der Waals surface area contributed by atoms with Gasteiger partial charge in [-0.1, -0.05) is 13.3 Å². The lowest BCUT2D eigenvalue weighted by atomic mass is 10.0. The van der Waals surface area contributed by atoms with E-state index in [0.29, 0.717) is 13.0 Å². The van der Waals surface area contributed by atoms with Gasteiger partial charge in [0.2, 0.25) is 11.9 Å². The van der Waals surface area contributed by atoms with E-state index in [1.54, 1.807) is 6.92 Å². The van der Waals surface area contributed by atoms with E-state index >= 15 is 0 Å². The Balaban J connectivity index is 2.39. The van der Waals surface area contributed by atoms with Gasteiger partial charge < -0.3 is 20.4 Å². The molecule has 0 saturated heterocycles. The van der Waals surface area contributed by atoms with Crippen molar-refractivity contribution >= 4 is 18.0 Å². The summed E-state index contributed by atoms with van der Waals surface area (Å²) in [5, 5.41) is 27.3. The van der Waals surface area contributed by atoms with Crippen molar-refractivity contribution in [2.75, 3.05) is 13.2 Å². The molecule has 168 valence electrons. The minimum absolute atomic E-state index is 0.0247. The van der Waals surface area contributed by atoms with Crippen LogP contribution in [0, 0.1) is 11.9 Å². The number of amides is 2. The third-order valence-corrected chi connectivity index (χ3v) is 4.60. The molecule has 11 heteroatoms. The first-order valence-electron chi connectivity index (χ1n) is 9.80.